The Kier molecular flexibility index (Phi) is 4.16. The van der Waals surface area contributed by atoms with Crippen LogP contribution in [-0.4, -0.2) is 23.5 Å². The first-order chi connectivity index (χ1) is 8.19. The van der Waals surface area contributed by atoms with E-state index in [1.54, 1.807) is 46.8 Å². The third-order valence-electron chi connectivity index (χ3n) is 2.07. The average Bonchev–Trinajstić information content (AvgIpc) is 2.62. The molecule has 0 saturated carbocycles. The SMILES string of the molecule is Cc1ccc(C(=O)N[C@@H](C)C(=O)OC(C)(C)C)o1. The lowest BCUT2D eigenvalue weighted by molar-refractivity contribution is -0.156. The lowest BCUT2D eigenvalue weighted by atomic mass is 10.2. The number of nitrogens with one attached hydrogen (secondary N) is 1. The molecule has 1 N–H and O–H groups in total. The molecule has 0 aliphatic carbocycles. The summed E-state index contributed by atoms with van der Waals surface area (Å²) in [6.07, 6.45) is 0. The zero-order valence-corrected chi connectivity index (χ0v) is 11.4. The molecule has 0 saturated heterocycles. The van der Waals surface area contributed by atoms with E-state index >= 15 is 0 Å². The predicted octanol–water partition coefficient (Wildman–Crippen LogP) is 2.05. The first-order valence-corrected chi connectivity index (χ1v) is 5.79. The van der Waals surface area contributed by atoms with E-state index in [9.17, 15) is 9.59 Å². The molecule has 1 atom stereocenters. The van der Waals surface area contributed by atoms with Crippen LogP contribution in [0.4, 0.5) is 0 Å². The number of carbonyl (C=O) groups excluding carboxylic acids is 2. The van der Waals surface area contributed by atoms with Crippen molar-refractivity contribution in [1.29, 1.82) is 0 Å². The monoisotopic (exact) mass is 253 g/mol. The molecule has 5 heteroatoms. The van der Waals surface area contributed by atoms with Crippen molar-refractivity contribution in [2.24, 2.45) is 0 Å². The van der Waals surface area contributed by atoms with Gasteiger partial charge in [0.1, 0.15) is 17.4 Å². The van der Waals surface area contributed by atoms with Crippen LogP contribution < -0.4 is 5.32 Å². The van der Waals surface area contributed by atoms with E-state index in [-0.39, 0.29) is 5.76 Å². The lowest BCUT2D eigenvalue weighted by Gasteiger charge is -2.22. The molecule has 1 amide bonds. The van der Waals surface area contributed by atoms with Gasteiger partial charge in [0.15, 0.2) is 5.76 Å². The van der Waals surface area contributed by atoms with Gasteiger partial charge in [-0.2, -0.15) is 0 Å². The fourth-order valence-electron chi connectivity index (χ4n) is 1.27. The number of furan rings is 1. The topological polar surface area (TPSA) is 68.5 Å². The van der Waals surface area contributed by atoms with Crippen LogP contribution >= 0.6 is 0 Å². The molecule has 100 valence electrons. The van der Waals surface area contributed by atoms with Gasteiger partial charge in [-0.25, -0.2) is 4.79 Å². The van der Waals surface area contributed by atoms with Crippen LogP contribution in [0.15, 0.2) is 16.5 Å². The fourth-order valence-corrected chi connectivity index (χ4v) is 1.27. The van der Waals surface area contributed by atoms with Crippen LogP contribution in [-0.2, 0) is 9.53 Å². The van der Waals surface area contributed by atoms with Crippen molar-refractivity contribution >= 4 is 11.9 Å². The number of carbonyl (C=O) groups is 2. The Bertz CT molecular complexity index is 442. The van der Waals surface area contributed by atoms with Crippen LogP contribution in [0.25, 0.3) is 0 Å². The first kappa shape index (κ1) is 14.3. The van der Waals surface area contributed by atoms with Crippen molar-refractivity contribution < 1.29 is 18.7 Å². The molecule has 1 aromatic rings. The van der Waals surface area contributed by atoms with Gasteiger partial charge in [-0.15, -0.1) is 0 Å². The van der Waals surface area contributed by atoms with E-state index in [4.69, 9.17) is 9.15 Å². The average molecular weight is 253 g/mol. The van der Waals surface area contributed by atoms with E-state index in [2.05, 4.69) is 5.32 Å². The number of hydrogen-bond acceptors (Lipinski definition) is 4. The standard InChI is InChI=1S/C13H19NO4/c1-8-6-7-10(17-8)11(15)14-9(2)12(16)18-13(3,4)5/h6-7,9H,1-5H3,(H,14,15)/t9-/m0/s1. The minimum Gasteiger partial charge on any atom is -0.458 e. The Morgan fingerprint density at radius 2 is 1.94 bits per heavy atom. The fraction of sp³-hybridized carbons (Fsp3) is 0.538. The minimum absolute atomic E-state index is 0.183. The molecule has 1 rings (SSSR count). The largest absolute Gasteiger partial charge is 0.458 e. The van der Waals surface area contributed by atoms with Crippen molar-refractivity contribution in [3.05, 3.63) is 23.7 Å². The summed E-state index contributed by atoms with van der Waals surface area (Å²) in [6, 6.07) is 2.53. The maximum absolute atomic E-state index is 11.7. The molecule has 0 bridgehead atoms. The van der Waals surface area contributed by atoms with Crippen LogP contribution in [0.3, 0.4) is 0 Å². The van der Waals surface area contributed by atoms with Crippen LogP contribution in [0.2, 0.25) is 0 Å². The van der Waals surface area contributed by atoms with Crippen LogP contribution in [0.5, 0.6) is 0 Å². The van der Waals surface area contributed by atoms with Gasteiger partial charge >= 0.3 is 5.97 Å². The Labute approximate surface area is 106 Å². The third-order valence-corrected chi connectivity index (χ3v) is 2.07. The van der Waals surface area contributed by atoms with Crippen molar-refractivity contribution in [3.63, 3.8) is 0 Å². The highest BCUT2D eigenvalue weighted by atomic mass is 16.6. The smallest absolute Gasteiger partial charge is 0.328 e. The van der Waals surface area contributed by atoms with E-state index in [0.29, 0.717) is 5.76 Å². The zero-order chi connectivity index (χ0) is 13.9. The van der Waals surface area contributed by atoms with Gasteiger partial charge in [-0.1, -0.05) is 0 Å². The summed E-state index contributed by atoms with van der Waals surface area (Å²) in [5.41, 5.74) is -0.572. The quantitative estimate of drug-likeness (QED) is 0.837. The summed E-state index contributed by atoms with van der Waals surface area (Å²) >= 11 is 0. The van der Waals surface area contributed by atoms with Gasteiger partial charge in [0, 0.05) is 0 Å². The molecule has 5 nitrogen and oxygen atoms in total. The number of aryl methyl sites for hydroxylation is 1. The Morgan fingerprint density at radius 1 is 1.33 bits per heavy atom. The van der Waals surface area contributed by atoms with Gasteiger partial charge in [0.25, 0.3) is 5.91 Å². The van der Waals surface area contributed by atoms with Gasteiger partial charge in [0.2, 0.25) is 0 Å². The molecule has 0 fully saturated rings. The number of ether oxygens (including phenoxy) is 1. The molecule has 1 aromatic heterocycles. The van der Waals surface area contributed by atoms with E-state index in [1.165, 1.54) is 0 Å². The molecular weight excluding hydrogens is 234 g/mol. The first-order valence-electron chi connectivity index (χ1n) is 5.79. The van der Waals surface area contributed by atoms with E-state index in [1.807, 2.05) is 0 Å². The Hall–Kier alpha value is -1.78. The van der Waals surface area contributed by atoms with Gasteiger partial charge < -0.3 is 14.5 Å². The summed E-state index contributed by atoms with van der Waals surface area (Å²) in [4.78, 5) is 23.4. The molecule has 0 unspecified atom stereocenters. The number of rotatable bonds is 3. The van der Waals surface area contributed by atoms with E-state index in [0.717, 1.165) is 0 Å². The molecule has 0 aromatic carbocycles. The number of hydrogen-bond donors (Lipinski definition) is 1. The molecule has 0 aliphatic heterocycles. The zero-order valence-electron chi connectivity index (χ0n) is 11.4. The summed E-state index contributed by atoms with van der Waals surface area (Å²) in [7, 11) is 0. The second-order valence-electron chi connectivity index (χ2n) is 5.14. The number of amides is 1. The summed E-state index contributed by atoms with van der Waals surface area (Å²) in [6.45, 7) is 8.63. The molecule has 0 radical (unpaired) electrons. The third kappa shape index (κ3) is 4.24. The minimum atomic E-state index is -0.720. The molecule has 0 aliphatic rings. The maximum atomic E-state index is 11.7. The van der Waals surface area contributed by atoms with Crippen molar-refractivity contribution in [2.75, 3.05) is 0 Å². The van der Waals surface area contributed by atoms with Crippen molar-refractivity contribution in [1.82, 2.24) is 5.32 Å². The molecular formula is C13H19NO4. The summed E-state index contributed by atoms with van der Waals surface area (Å²) in [5.74, 6) is -0.0754. The van der Waals surface area contributed by atoms with Crippen molar-refractivity contribution in [2.45, 2.75) is 46.3 Å². The second-order valence-corrected chi connectivity index (χ2v) is 5.14. The number of esters is 1. The highest BCUT2D eigenvalue weighted by Crippen LogP contribution is 2.09. The Balaban J connectivity index is 2.57. The highest BCUT2D eigenvalue weighted by Gasteiger charge is 2.24. The summed E-state index contributed by atoms with van der Waals surface area (Å²) < 4.78 is 10.3. The Morgan fingerprint density at radius 3 is 2.39 bits per heavy atom. The predicted molar refractivity (Wildman–Crippen MR) is 66.2 cm³/mol. The van der Waals surface area contributed by atoms with Gasteiger partial charge in [-0.05, 0) is 46.8 Å². The van der Waals surface area contributed by atoms with Crippen LogP contribution in [0.1, 0.15) is 44.0 Å². The van der Waals surface area contributed by atoms with Gasteiger partial charge in [-0.3, -0.25) is 4.79 Å². The van der Waals surface area contributed by atoms with Gasteiger partial charge in [0.05, 0.1) is 0 Å². The lowest BCUT2D eigenvalue weighted by Crippen LogP contribution is -2.42. The summed E-state index contributed by atoms with van der Waals surface area (Å²) in [5, 5.41) is 2.52. The maximum Gasteiger partial charge on any atom is 0.328 e. The van der Waals surface area contributed by atoms with Crippen molar-refractivity contribution in [3.8, 4) is 0 Å². The molecule has 0 spiro atoms. The van der Waals surface area contributed by atoms with E-state index < -0.39 is 23.5 Å². The normalized spacial score (nSPS) is 12.9. The van der Waals surface area contributed by atoms with Crippen LogP contribution in [0, 0.1) is 6.92 Å². The highest BCUT2D eigenvalue weighted by molar-refractivity contribution is 5.94. The second kappa shape index (κ2) is 5.25. The molecule has 1 heterocycles. The molecule has 18 heavy (non-hydrogen) atoms.